The maximum absolute atomic E-state index is 12.9. The van der Waals surface area contributed by atoms with Gasteiger partial charge in [0.05, 0.1) is 12.1 Å². The van der Waals surface area contributed by atoms with Crippen LogP contribution in [0.25, 0.3) is 0 Å². The van der Waals surface area contributed by atoms with E-state index in [-0.39, 0.29) is 12.1 Å². The van der Waals surface area contributed by atoms with Crippen molar-refractivity contribution in [1.82, 2.24) is 5.32 Å². The van der Waals surface area contributed by atoms with Gasteiger partial charge in [0.15, 0.2) is 0 Å². The SMILES string of the molecule is O=C(Nc1cccc(N2CCOC2=O)c1)NC1(c2cccc(Br)c2)CCOCC1. The van der Waals surface area contributed by atoms with Gasteiger partial charge in [-0.25, -0.2) is 9.59 Å². The molecule has 2 heterocycles. The molecule has 152 valence electrons. The fourth-order valence-corrected chi connectivity index (χ4v) is 4.15. The van der Waals surface area contributed by atoms with E-state index in [1.165, 1.54) is 0 Å². The lowest BCUT2D eigenvalue weighted by molar-refractivity contribution is 0.0417. The van der Waals surface area contributed by atoms with Crippen LogP contribution in [0.2, 0.25) is 0 Å². The van der Waals surface area contributed by atoms with E-state index in [1.54, 1.807) is 23.1 Å². The van der Waals surface area contributed by atoms with E-state index in [1.807, 2.05) is 30.3 Å². The maximum Gasteiger partial charge on any atom is 0.414 e. The van der Waals surface area contributed by atoms with Crippen molar-refractivity contribution in [1.29, 1.82) is 0 Å². The van der Waals surface area contributed by atoms with Crippen LogP contribution in [0, 0.1) is 0 Å². The Bertz CT molecular complexity index is 914. The van der Waals surface area contributed by atoms with Crippen molar-refractivity contribution < 1.29 is 19.1 Å². The second-order valence-corrected chi connectivity index (χ2v) is 8.02. The van der Waals surface area contributed by atoms with Crippen molar-refractivity contribution in [3.63, 3.8) is 0 Å². The number of hydrogen-bond acceptors (Lipinski definition) is 4. The predicted molar refractivity (Wildman–Crippen MR) is 113 cm³/mol. The molecule has 0 saturated carbocycles. The van der Waals surface area contributed by atoms with Crippen LogP contribution in [-0.4, -0.2) is 38.5 Å². The Kier molecular flexibility index (Phi) is 5.73. The van der Waals surface area contributed by atoms with Gasteiger partial charge >= 0.3 is 12.1 Å². The normalized spacial score (nSPS) is 18.2. The summed E-state index contributed by atoms with van der Waals surface area (Å²) in [6, 6.07) is 14.9. The predicted octanol–water partition coefficient (Wildman–Crippen LogP) is 4.23. The number of hydrogen-bond donors (Lipinski definition) is 2. The van der Waals surface area contributed by atoms with Crippen LogP contribution in [0.1, 0.15) is 18.4 Å². The zero-order chi connectivity index (χ0) is 20.3. The standard InChI is InChI=1S/C21H22BrN3O4/c22-16-4-1-3-15(13-16)21(7-10-28-11-8-21)24-19(26)23-17-5-2-6-18(14-17)25-9-12-29-20(25)27/h1-6,13-14H,7-12H2,(H2,23,24,26). The van der Waals surface area contributed by atoms with Crippen molar-refractivity contribution in [2.45, 2.75) is 18.4 Å². The molecule has 0 atom stereocenters. The molecule has 2 saturated heterocycles. The smallest absolute Gasteiger partial charge is 0.414 e. The van der Waals surface area contributed by atoms with Crippen LogP contribution in [0.4, 0.5) is 21.0 Å². The largest absolute Gasteiger partial charge is 0.447 e. The van der Waals surface area contributed by atoms with Gasteiger partial charge in [-0.3, -0.25) is 4.90 Å². The average Bonchev–Trinajstić information content (AvgIpc) is 3.15. The van der Waals surface area contributed by atoms with Gasteiger partial charge in [-0.05, 0) is 48.7 Å². The number of amides is 3. The highest BCUT2D eigenvalue weighted by Gasteiger charge is 2.36. The maximum atomic E-state index is 12.9. The molecule has 2 N–H and O–H groups in total. The van der Waals surface area contributed by atoms with Crippen LogP contribution >= 0.6 is 15.9 Å². The number of carbonyl (C=O) groups is 2. The number of nitrogens with one attached hydrogen (secondary N) is 2. The van der Waals surface area contributed by atoms with Crippen LogP contribution < -0.4 is 15.5 Å². The van der Waals surface area contributed by atoms with Crippen molar-refractivity contribution in [3.8, 4) is 0 Å². The molecule has 0 aliphatic carbocycles. The lowest BCUT2D eigenvalue weighted by Gasteiger charge is -2.38. The summed E-state index contributed by atoms with van der Waals surface area (Å²) in [5.41, 5.74) is 1.84. The summed E-state index contributed by atoms with van der Waals surface area (Å²) in [6.07, 6.45) is 1.01. The summed E-state index contributed by atoms with van der Waals surface area (Å²) in [4.78, 5) is 26.2. The van der Waals surface area contributed by atoms with E-state index in [9.17, 15) is 9.59 Å². The molecule has 7 nitrogen and oxygen atoms in total. The molecule has 3 amide bonds. The summed E-state index contributed by atoms with van der Waals surface area (Å²) in [7, 11) is 0. The first-order valence-electron chi connectivity index (χ1n) is 9.53. The summed E-state index contributed by atoms with van der Waals surface area (Å²) in [6.45, 7) is 2.04. The number of benzene rings is 2. The first-order chi connectivity index (χ1) is 14.1. The Hall–Kier alpha value is -2.58. The highest BCUT2D eigenvalue weighted by molar-refractivity contribution is 9.10. The van der Waals surface area contributed by atoms with E-state index < -0.39 is 5.54 Å². The quantitative estimate of drug-likeness (QED) is 0.716. The van der Waals surface area contributed by atoms with Gasteiger partial charge in [-0.15, -0.1) is 0 Å². The van der Waals surface area contributed by atoms with Gasteiger partial charge in [0.2, 0.25) is 0 Å². The zero-order valence-electron chi connectivity index (χ0n) is 15.8. The van der Waals surface area contributed by atoms with Crippen LogP contribution in [0.15, 0.2) is 53.0 Å². The number of anilines is 2. The van der Waals surface area contributed by atoms with E-state index in [4.69, 9.17) is 9.47 Å². The molecule has 2 aromatic rings. The Morgan fingerprint density at radius 3 is 2.59 bits per heavy atom. The van der Waals surface area contributed by atoms with Crippen molar-refractivity contribution in [3.05, 3.63) is 58.6 Å². The van der Waals surface area contributed by atoms with E-state index in [0.717, 1.165) is 10.0 Å². The molecule has 8 heteroatoms. The molecule has 0 radical (unpaired) electrons. The van der Waals surface area contributed by atoms with Crippen LogP contribution in [0.5, 0.6) is 0 Å². The van der Waals surface area contributed by atoms with E-state index >= 15 is 0 Å². The zero-order valence-corrected chi connectivity index (χ0v) is 17.4. The molecule has 2 aliphatic heterocycles. The third kappa shape index (κ3) is 4.38. The van der Waals surface area contributed by atoms with E-state index in [2.05, 4.69) is 26.6 Å². The number of carbonyl (C=O) groups excluding carboxylic acids is 2. The van der Waals surface area contributed by atoms with Crippen molar-refractivity contribution in [2.24, 2.45) is 0 Å². The number of halogens is 1. The second kappa shape index (κ2) is 8.42. The van der Waals surface area contributed by atoms with Crippen molar-refractivity contribution in [2.75, 3.05) is 36.6 Å². The summed E-state index contributed by atoms with van der Waals surface area (Å²) >= 11 is 3.52. The minimum absolute atomic E-state index is 0.298. The molecule has 0 bridgehead atoms. The molecule has 0 unspecified atom stereocenters. The van der Waals surface area contributed by atoms with Gasteiger partial charge in [0, 0.05) is 29.1 Å². The minimum atomic E-state index is -0.498. The van der Waals surface area contributed by atoms with Gasteiger partial charge < -0.3 is 20.1 Å². The third-order valence-electron chi connectivity index (χ3n) is 5.25. The van der Waals surface area contributed by atoms with Gasteiger partial charge in [-0.2, -0.15) is 0 Å². The van der Waals surface area contributed by atoms with E-state index in [0.29, 0.717) is 50.6 Å². The molecule has 0 spiro atoms. The molecule has 29 heavy (non-hydrogen) atoms. The lowest BCUT2D eigenvalue weighted by Crippen LogP contribution is -2.50. The number of nitrogens with zero attached hydrogens (tertiary/aromatic N) is 1. The Morgan fingerprint density at radius 2 is 1.86 bits per heavy atom. The highest BCUT2D eigenvalue weighted by atomic mass is 79.9. The number of rotatable bonds is 4. The van der Waals surface area contributed by atoms with Gasteiger partial charge in [0.1, 0.15) is 6.61 Å². The Labute approximate surface area is 177 Å². The number of ether oxygens (including phenoxy) is 2. The second-order valence-electron chi connectivity index (χ2n) is 7.10. The topological polar surface area (TPSA) is 79.9 Å². The molecule has 0 aromatic heterocycles. The average molecular weight is 460 g/mol. The molecule has 4 rings (SSSR count). The van der Waals surface area contributed by atoms with Gasteiger partial charge in [-0.1, -0.05) is 34.1 Å². The molecular formula is C21H22BrN3O4. The monoisotopic (exact) mass is 459 g/mol. The summed E-state index contributed by atoms with van der Waals surface area (Å²) in [5.74, 6) is 0. The molecular weight excluding hydrogens is 438 g/mol. The molecule has 2 aromatic carbocycles. The fourth-order valence-electron chi connectivity index (χ4n) is 3.75. The summed E-state index contributed by atoms with van der Waals surface area (Å²) < 4.78 is 11.5. The Morgan fingerprint density at radius 1 is 1.07 bits per heavy atom. The third-order valence-corrected chi connectivity index (χ3v) is 5.75. The minimum Gasteiger partial charge on any atom is -0.447 e. The first kappa shape index (κ1) is 19.7. The van der Waals surface area contributed by atoms with Crippen LogP contribution in [0.3, 0.4) is 0 Å². The number of cyclic esters (lactones) is 1. The van der Waals surface area contributed by atoms with Gasteiger partial charge in [0.25, 0.3) is 0 Å². The lowest BCUT2D eigenvalue weighted by atomic mass is 9.83. The fraction of sp³-hybridized carbons (Fsp3) is 0.333. The highest BCUT2D eigenvalue weighted by Crippen LogP contribution is 2.33. The van der Waals surface area contributed by atoms with Crippen molar-refractivity contribution >= 4 is 39.4 Å². The Balaban J connectivity index is 1.51. The molecule has 2 fully saturated rings. The summed E-state index contributed by atoms with van der Waals surface area (Å²) in [5, 5.41) is 6.06. The first-order valence-corrected chi connectivity index (χ1v) is 10.3. The number of urea groups is 1. The molecule has 2 aliphatic rings. The van der Waals surface area contributed by atoms with Crippen LogP contribution in [-0.2, 0) is 15.0 Å².